The van der Waals surface area contributed by atoms with Gasteiger partial charge in [-0.2, -0.15) is 0 Å². The van der Waals surface area contributed by atoms with E-state index in [9.17, 15) is 4.79 Å². The summed E-state index contributed by atoms with van der Waals surface area (Å²) in [7, 11) is 0. The van der Waals surface area contributed by atoms with Crippen LogP contribution in [0.4, 0.5) is 0 Å². The Bertz CT molecular complexity index is 393. The van der Waals surface area contributed by atoms with Gasteiger partial charge in [-0.3, -0.25) is 4.79 Å². The molecule has 0 heterocycles. The normalized spacial score (nSPS) is 17.7. The second-order valence-corrected chi connectivity index (χ2v) is 5.16. The van der Waals surface area contributed by atoms with Crippen LogP contribution in [0.2, 0.25) is 0 Å². The topological polar surface area (TPSA) is 55.1 Å². The van der Waals surface area contributed by atoms with Crippen molar-refractivity contribution in [1.29, 1.82) is 0 Å². The standard InChI is InChI=1S/C15H22N2O/c1-11(13-8-6-12(10-16)7-9-13)17-15(18)14-4-2-3-5-14/h6-9,11,14H,2-5,10,16H2,1H3,(H,17,18). The third-order valence-electron chi connectivity index (χ3n) is 3.80. The predicted molar refractivity (Wildman–Crippen MR) is 72.8 cm³/mol. The number of nitrogens with one attached hydrogen (secondary N) is 1. The number of rotatable bonds is 4. The predicted octanol–water partition coefficient (Wildman–Crippen LogP) is 2.51. The van der Waals surface area contributed by atoms with Crippen LogP contribution in [0, 0.1) is 5.92 Å². The maximum atomic E-state index is 12.0. The average molecular weight is 246 g/mol. The monoisotopic (exact) mass is 246 g/mol. The number of hydrogen-bond donors (Lipinski definition) is 2. The van der Waals surface area contributed by atoms with Crippen LogP contribution in [0.25, 0.3) is 0 Å². The maximum absolute atomic E-state index is 12.0. The second kappa shape index (κ2) is 6.01. The molecule has 3 heteroatoms. The van der Waals surface area contributed by atoms with Gasteiger partial charge in [0.15, 0.2) is 0 Å². The first-order chi connectivity index (χ1) is 8.70. The molecule has 0 bridgehead atoms. The van der Waals surface area contributed by atoms with E-state index in [4.69, 9.17) is 5.73 Å². The van der Waals surface area contributed by atoms with Crippen LogP contribution < -0.4 is 11.1 Å². The van der Waals surface area contributed by atoms with E-state index in [1.54, 1.807) is 0 Å². The van der Waals surface area contributed by atoms with Crippen LogP contribution >= 0.6 is 0 Å². The van der Waals surface area contributed by atoms with Gasteiger partial charge >= 0.3 is 0 Å². The molecule has 0 aliphatic heterocycles. The number of carbonyl (C=O) groups excluding carboxylic acids is 1. The molecule has 98 valence electrons. The quantitative estimate of drug-likeness (QED) is 0.857. The number of hydrogen-bond acceptors (Lipinski definition) is 2. The third-order valence-corrected chi connectivity index (χ3v) is 3.80. The molecular formula is C15H22N2O. The number of benzene rings is 1. The summed E-state index contributed by atoms with van der Waals surface area (Å²) in [5.74, 6) is 0.443. The summed E-state index contributed by atoms with van der Waals surface area (Å²) in [5, 5.41) is 3.11. The molecule has 0 saturated heterocycles. The Balaban J connectivity index is 1.93. The molecule has 1 aliphatic rings. The summed E-state index contributed by atoms with van der Waals surface area (Å²) in [6.07, 6.45) is 4.48. The Morgan fingerprint density at radius 2 is 1.94 bits per heavy atom. The molecular weight excluding hydrogens is 224 g/mol. The molecule has 0 aromatic heterocycles. The van der Waals surface area contributed by atoms with Gasteiger partial charge in [-0.1, -0.05) is 37.1 Å². The van der Waals surface area contributed by atoms with Crippen LogP contribution in [-0.4, -0.2) is 5.91 Å². The summed E-state index contributed by atoms with van der Waals surface area (Å²) >= 11 is 0. The average Bonchev–Trinajstić information content (AvgIpc) is 2.92. The first-order valence-electron chi connectivity index (χ1n) is 6.80. The molecule has 2 rings (SSSR count). The van der Waals surface area contributed by atoms with Crippen LogP contribution in [0.3, 0.4) is 0 Å². The Hall–Kier alpha value is -1.35. The van der Waals surface area contributed by atoms with E-state index in [1.807, 2.05) is 31.2 Å². The van der Waals surface area contributed by atoms with E-state index < -0.39 is 0 Å². The van der Waals surface area contributed by atoms with Gasteiger partial charge in [-0.15, -0.1) is 0 Å². The molecule has 0 spiro atoms. The van der Waals surface area contributed by atoms with Crippen molar-refractivity contribution in [3.8, 4) is 0 Å². The third kappa shape index (κ3) is 3.10. The second-order valence-electron chi connectivity index (χ2n) is 5.16. The van der Waals surface area contributed by atoms with Crippen LogP contribution in [0.5, 0.6) is 0 Å². The van der Waals surface area contributed by atoms with Gasteiger partial charge in [-0.25, -0.2) is 0 Å². The molecule has 3 N–H and O–H groups in total. The summed E-state index contributed by atoms with van der Waals surface area (Å²) in [6.45, 7) is 2.59. The maximum Gasteiger partial charge on any atom is 0.223 e. The zero-order chi connectivity index (χ0) is 13.0. The lowest BCUT2D eigenvalue weighted by Crippen LogP contribution is -2.31. The van der Waals surface area contributed by atoms with E-state index in [2.05, 4.69) is 5.32 Å². The minimum Gasteiger partial charge on any atom is -0.349 e. The van der Waals surface area contributed by atoms with Crippen molar-refractivity contribution >= 4 is 5.91 Å². The van der Waals surface area contributed by atoms with Crippen LogP contribution in [0.1, 0.15) is 49.8 Å². The van der Waals surface area contributed by atoms with Gasteiger partial charge in [0.05, 0.1) is 6.04 Å². The van der Waals surface area contributed by atoms with Gasteiger partial charge in [0.1, 0.15) is 0 Å². The molecule has 1 aromatic carbocycles. The highest BCUT2D eigenvalue weighted by molar-refractivity contribution is 5.79. The smallest absolute Gasteiger partial charge is 0.223 e. The zero-order valence-corrected chi connectivity index (χ0v) is 11.0. The van der Waals surface area contributed by atoms with Crippen molar-refractivity contribution in [3.05, 3.63) is 35.4 Å². The minimum absolute atomic E-state index is 0.0740. The molecule has 1 aromatic rings. The summed E-state index contributed by atoms with van der Waals surface area (Å²) in [5.41, 5.74) is 7.83. The van der Waals surface area contributed by atoms with Crippen molar-refractivity contribution in [2.45, 2.75) is 45.2 Å². The summed E-state index contributed by atoms with van der Waals surface area (Å²) < 4.78 is 0. The summed E-state index contributed by atoms with van der Waals surface area (Å²) in [4.78, 5) is 12.0. The van der Waals surface area contributed by atoms with Gasteiger partial charge in [-0.05, 0) is 30.9 Å². The lowest BCUT2D eigenvalue weighted by molar-refractivity contribution is -0.125. The van der Waals surface area contributed by atoms with Crippen molar-refractivity contribution < 1.29 is 4.79 Å². The number of amides is 1. The highest BCUT2D eigenvalue weighted by Gasteiger charge is 2.23. The largest absolute Gasteiger partial charge is 0.349 e. The molecule has 3 nitrogen and oxygen atoms in total. The molecule has 1 amide bonds. The van der Waals surface area contributed by atoms with Gasteiger partial charge in [0, 0.05) is 12.5 Å². The van der Waals surface area contributed by atoms with Gasteiger partial charge in [0.2, 0.25) is 5.91 Å². The molecule has 1 saturated carbocycles. The molecule has 1 atom stereocenters. The first-order valence-corrected chi connectivity index (χ1v) is 6.80. The Labute approximate surface area is 109 Å². The fraction of sp³-hybridized carbons (Fsp3) is 0.533. The highest BCUT2D eigenvalue weighted by atomic mass is 16.1. The van der Waals surface area contributed by atoms with E-state index in [0.29, 0.717) is 6.54 Å². The number of carbonyl (C=O) groups is 1. The SMILES string of the molecule is CC(NC(=O)C1CCCC1)c1ccc(CN)cc1. The zero-order valence-electron chi connectivity index (χ0n) is 11.0. The van der Waals surface area contributed by atoms with Gasteiger partial charge < -0.3 is 11.1 Å². The first kappa shape index (κ1) is 13.1. The summed E-state index contributed by atoms with van der Waals surface area (Å²) in [6, 6.07) is 8.20. The highest BCUT2D eigenvalue weighted by Crippen LogP contribution is 2.25. The Morgan fingerprint density at radius 1 is 1.33 bits per heavy atom. The fourth-order valence-electron chi connectivity index (χ4n) is 2.54. The van der Waals surface area contributed by atoms with Crippen LogP contribution in [-0.2, 0) is 11.3 Å². The van der Waals surface area contributed by atoms with E-state index in [0.717, 1.165) is 24.0 Å². The minimum atomic E-state index is 0.0740. The van der Waals surface area contributed by atoms with Crippen molar-refractivity contribution in [2.75, 3.05) is 0 Å². The van der Waals surface area contributed by atoms with Crippen LogP contribution in [0.15, 0.2) is 24.3 Å². The molecule has 1 unspecified atom stereocenters. The van der Waals surface area contributed by atoms with Crippen molar-refractivity contribution in [2.24, 2.45) is 11.7 Å². The lowest BCUT2D eigenvalue weighted by atomic mass is 10.0. The molecule has 18 heavy (non-hydrogen) atoms. The number of nitrogens with two attached hydrogens (primary N) is 1. The molecule has 0 radical (unpaired) electrons. The van der Waals surface area contributed by atoms with Gasteiger partial charge in [0.25, 0.3) is 0 Å². The molecule has 1 aliphatic carbocycles. The van der Waals surface area contributed by atoms with E-state index in [-0.39, 0.29) is 17.9 Å². The van der Waals surface area contributed by atoms with E-state index in [1.165, 1.54) is 12.8 Å². The van der Waals surface area contributed by atoms with Crippen molar-refractivity contribution in [1.82, 2.24) is 5.32 Å². The van der Waals surface area contributed by atoms with E-state index >= 15 is 0 Å². The molecule has 1 fully saturated rings. The lowest BCUT2D eigenvalue weighted by Gasteiger charge is -2.17. The Morgan fingerprint density at radius 3 is 2.50 bits per heavy atom. The fourth-order valence-corrected chi connectivity index (χ4v) is 2.54. The van der Waals surface area contributed by atoms with Crippen molar-refractivity contribution in [3.63, 3.8) is 0 Å². The Kier molecular flexibility index (Phi) is 4.37.